The van der Waals surface area contributed by atoms with Crippen LogP contribution in [0.15, 0.2) is 78.9 Å². The van der Waals surface area contributed by atoms with E-state index in [1.54, 1.807) is 6.92 Å². The molecule has 0 aliphatic heterocycles. The first-order valence-electron chi connectivity index (χ1n) is 10.2. The van der Waals surface area contributed by atoms with E-state index in [2.05, 4.69) is 31.2 Å². The van der Waals surface area contributed by atoms with Crippen molar-refractivity contribution in [2.45, 2.75) is 33.4 Å². The highest BCUT2D eigenvalue weighted by Gasteiger charge is 2.14. The van der Waals surface area contributed by atoms with Crippen LogP contribution in [-0.2, 0) is 17.9 Å². The molecular weight excluding hydrogens is 374 g/mol. The van der Waals surface area contributed by atoms with Crippen LogP contribution in [0.25, 0.3) is 10.9 Å². The van der Waals surface area contributed by atoms with Gasteiger partial charge in [-0.25, -0.2) is 0 Å². The molecule has 4 nitrogen and oxygen atoms in total. The molecule has 3 aromatic carbocycles. The average molecular weight is 399 g/mol. The Bertz CT molecular complexity index is 1140. The van der Waals surface area contributed by atoms with Crippen molar-refractivity contribution in [3.63, 3.8) is 0 Å². The normalized spacial score (nSPS) is 10.9. The molecule has 30 heavy (non-hydrogen) atoms. The maximum atomic E-state index is 12.0. The summed E-state index contributed by atoms with van der Waals surface area (Å²) in [5, 5.41) is 0.978. The van der Waals surface area contributed by atoms with Gasteiger partial charge in [0.25, 0.3) is 0 Å². The van der Waals surface area contributed by atoms with Gasteiger partial charge in [0.1, 0.15) is 12.4 Å². The predicted molar refractivity (Wildman–Crippen MR) is 119 cm³/mol. The largest absolute Gasteiger partial charge is 0.489 e. The Hall–Kier alpha value is -3.53. The molecule has 152 valence electrons. The number of carbonyl (C=O) groups is 1. The molecule has 0 amide bonds. The highest BCUT2D eigenvalue weighted by atomic mass is 16.5. The van der Waals surface area contributed by atoms with Crippen LogP contribution in [0.2, 0.25) is 0 Å². The van der Waals surface area contributed by atoms with E-state index < -0.39 is 0 Å². The summed E-state index contributed by atoms with van der Waals surface area (Å²) in [7, 11) is 0. The van der Waals surface area contributed by atoms with Gasteiger partial charge in [-0.1, -0.05) is 67.1 Å². The van der Waals surface area contributed by atoms with E-state index >= 15 is 0 Å². The van der Waals surface area contributed by atoms with Crippen LogP contribution < -0.4 is 9.47 Å². The summed E-state index contributed by atoms with van der Waals surface area (Å²) >= 11 is 0. The maximum absolute atomic E-state index is 12.0. The molecule has 0 unspecified atom stereocenters. The van der Waals surface area contributed by atoms with E-state index in [0.29, 0.717) is 25.5 Å². The zero-order chi connectivity index (χ0) is 20.9. The van der Waals surface area contributed by atoms with Gasteiger partial charge in [-0.05, 0) is 36.2 Å². The third-order valence-electron chi connectivity index (χ3n) is 5.05. The lowest BCUT2D eigenvalue weighted by atomic mass is 10.1. The van der Waals surface area contributed by atoms with Gasteiger partial charge in [0.15, 0.2) is 0 Å². The van der Waals surface area contributed by atoms with Crippen molar-refractivity contribution in [3.8, 4) is 11.6 Å². The van der Waals surface area contributed by atoms with Crippen molar-refractivity contribution in [1.82, 2.24) is 4.57 Å². The number of nitrogens with zero attached hydrogens (tertiary/aromatic N) is 1. The van der Waals surface area contributed by atoms with Gasteiger partial charge in [0.05, 0.1) is 12.1 Å². The van der Waals surface area contributed by atoms with Crippen LogP contribution in [-0.4, -0.2) is 10.5 Å². The number of aromatic nitrogens is 1. The van der Waals surface area contributed by atoms with E-state index in [1.165, 1.54) is 5.56 Å². The van der Waals surface area contributed by atoms with Crippen molar-refractivity contribution in [2.75, 3.05) is 0 Å². The zero-order valence-corrected chi connectivity index (χ0v) is 17.3. The van der Waals surface area contributed by atoms with Gasteiger partial charge in [0, 0.05) is 17.9 Å². The van der Waals surface area contributed by atoms with Gasteiger partial charge in [-0.2, -0.15) is 0 Å². The maximum Gasteiger partial charge on any atom is 0.312 e. The summed E-state index contributed by atoms with van der Waals surface area (Å²) in [5.74, 6) is 1.09. The number of aryl methyl sites for hydroxylation is 1. The summed E-state index contributed by atoms with van der Waals surface area (Å²) in [5.41, 5.74) is 4.49. The van der Waals surface area contributed by atoms with E-state index in [9.17, 15) is 4.79 Å². The first-order valence-corrected chi connectivity index (χ1v) is 10.2. The monoisotopic (exact) mass is 399 g/mol. The second-order valence-corrected chi connectivity index (χ2v) is 7.38. The molecule has 0 saturated heterocycles. The summed E-state index contributed by atoms with van der Waals surface area (Å²) in [4.78, 5) is 12.0. The Morgan fingerprint density at radius 2 is 1.67 bits per heavy atom. The Morgan fingerprint density at radius 1 is 0.900 bits per heavy atom. The summed E-state index contributed by atoms with van der Waals surface area (Å²) in [6.45, 7) is 5.00. The number of hydrogen-bond acceptors (Lipinski definition) is 3. The molecule has 0 spiro atoms. The molecule has 4 rings (SSSR count). The highest BCUT2D eigenvalue weighted by molar-refractivity contribution is 5.85. The van der Waals surface area contributed by atoms with Crippen molar-refractivity contribution in [3.05, 3.63) is 95.6 Å². The Morgan fingerprint density at radius 3 is 2.40 bits per heavy atom. The Kier molecular flexibility index (Phi) is 5.84. The number of fused-ring (bicyclic) bond motifs is 1. The molecule has 4 aromatic rings. The number of rotatable bonds is 7. The molecule has 1 aromatic heterocycles. The zero-order valence-electron chi connectivity index (χ0n) is 17.3. The molecule has 0 saturated carbocycles. The van der Waals surface area contributed by atoms with Gasteiger partial charge < -0.3 is 14.0 Å². The van der Waals surface area contributed by atoms with Crippen molar-refractivity contribution in [1.29, 1.82) is 0 Å². The summed E-state index contributed by atoms with van der Waals surface area (Å²) < 4.78 is 13.6. The minimum atomic E-state index is -0.247. The standard InChI is InChI=1S/C26H25NO3/c1-3-26(28)30-25-16-22-15-23(29-18-21-7-5-4-6-8-21)13-14-24(22)27(25)17-20-11-9-19(2)10-12-20/h4-16H,3,17-18H2,1-2H3. The summed E-state index contributed by atoms with van der Waals surface area (Å²) in [6.07, 6.45) is 0.331. The molecular formula is C26H25NO3. The lowest BCUT2D eigenvalue weighted by molar-refractivity contribution is -0.134. The van der Waals surface area contributed by atoms with Crippen LogP contribution in [0.5, 0.6) is 11.6 Å². The number of ether oxygens (including phenoxy) is 2. The molecule has 1 heterocycles. The van der Waals surface area contributed by atoms with E-state index in [1.807, 2.05) is 59.2 Å². The minimum Gasteiger partial charge on any atom is -0.489 e. The van der Waals surface area contributed by atoms with Gasteiger partial charge in [-0.3, -0.25) is 4.79 Å². The van der Waals surface area contributed by atoms with Crippen LogP contribution in [0.3, 0.4) is 0 Å². The fraction of sp³-hybridized carbons (Fsp3) is 0.192. The second kappa shape index (κ2) is 8.87. The lowest BCUT2D eigenvalue weighted by Gasteiger charge is -2.11. The molecule has 0 bridgehead atoms. The third-order valence-corrected chi connectivity index (χ3v) is 5.05. The van der Waals surface area contributed by atoms with Crippen molar-refractivity contribution >= 4 is 16.9 Å². The Labute approximate surface area is 176 Å². The minimum absolute atomic E-state index is 0.247. The number of hydrogen-bond donors (Lipinski definition) is 0. The van der Waals surface area contributed by atoms with Crippen LogP contribution in [0, 0.1) is 6.92 Å². The summed E-state index contributed by atoms with van der Waals surface area (Å²) in [6, 6.07) is 26.3. The fourth-order valence-corrected chi connectivity index (χ4v) is 3.37. The van der Waals surface area contributed by atoms with Crippen LogP contribution >= 0.6 is 0 Å². The lowest BCUT2D eigenvalue weighted by Crippen LogP contribution is -2.10. The SMILES string of the molecule is CCC(=O)Oc1cc2cc(OCc3ccccc3)ccc2n1Cc1ccc(C)cc1. The molecule has 4 heteroatoms. The topological polar surface area (TPSA) is 40.5 Å². The Balaban J connectivity index is 1.64. The smallest absolute Gasteiger partial charge is 0.312 e. The fourth-order valence-electron chi connectivity index (χ4n) is 3.37. The number of benzene rings is 3. The van der Waals surface area contributed by atoms with Gasteiger partial charge in [0.2, 0.25) is 5.88 Å². The van der Waals surface area contributed by atoms with Crippen molar-refractivity contribution < 1.29 is 14.3 Å². The van der Waals surface area contributed by atoms with Crippen LogP contribution in [0.1, 0.15) is 30.0 Å². The quantitative estimate of drug-likeness (QED) is 0.364. The third kappa shape index (κ3) is 4.54. The van der Waals surface area contributed by atoms with Crippen LogP contribution in [0.4, 0.5) is 0 Å². The first-order chi connectivity index (χ1) is 14.6. The van der Waals surface area contributed by atoms with Gasteiger partial charge in [-0.15, -0.1) is 0 Å². The number of carbonyl (C=O) groups excluding carboxylic acids is 1. The number of esters is 1. The predicted octanol–water partition coefficient (Wildman–Crippen LogP) is 5.89. The van der Waals surface area contributed by atoms with Crippen molar-refractivity contribution in [2.24, 2.45) is 0 Å². The molecule has 0 atom stereocenters. The molecule has 0 aliphatic rings. The van der Waals surface area contributed by atoms with E-state index in [0.717, 1.165) is 27.8 Å². The second-order valence-electron chi connectivity index (χ2n) is 7.38. The molecule has 0 aliphatic carbocycles. The highest BCUT2D eigenvalue weighted by Crippen LogP contribution is 2.30. The van der Waals surface area contributed by atoms with Gasteiger partial charge >= 0.3 is 5.97 Å². The molecule has 0 radical (unpaired) electrons. The van der Waals surface area contributed by atoms with E-state index in [-0.39, 0.29) is 5.97 Å². The van der Waals surface area contributed by atoms with E-state index in [4.69, 9.17) is 9.47 Å². The first kappa shape index (κ1) is 19.8. The average Bonchev–Trinajstić information content (AvgIpc) is 3.10. The molecule has 0 fully saturated rings. The molecule has 0 N–H and O–H groups in total.